The van der Waals surface area contributed by atoms with Crippen LogP contribution in [-0.2, 0) is 16.1 Å². The lowest BCUT2D eigenvalue weighted by atomic mass is 10.2. The Hall–Kier alpha value is -2.24. The number of esters is 1. The molecule has 0 amide bonds. The van der Waals surface area contributed by atoms with Gasteiger partial charge in [0.2, 0.25) is 0 Å². The number of rotatable bonds is 7. The van der Waals surface area contributed by atoms with Crippen LogP contribution < -0.4 is 10.1 Å². The maximum atomic E-state index is 10.3. The Morgan fingerprint density at radius 3 is 2.68 bits per heavy atom. The van der Waals surface area contributed by atoms with Crippen molar-refractivity contribution in [1.82, 2.24) is 0 Å². The second-order valence-corrected chi connectivity index (χ2v) is 7.50. The van der Waals surface area contributed by atoms with Gasteiger partial charge in [0.1, 0.15) is 5.75 Å². The van der Waals surface area contributed by atoms with E-state index in [2.05, 4.69) is 39.7 Å². The summed E-state index contributed by atoms with van der Waals surface area (Å²) in [7, 11) is 3.04. The van der Waals surface area contributed by atoms with E-state index in [1.165, 1.54) is 17.2 Å². The summed E-state index contributed by atoms with van der Waals surface area (Å²) in [5.74, 6) is 0.599. The molecule has 1 N–H and O–H groups in total. The molecular weight excluding hydrogens is 394 g/mol. The molecular formula is C22H26ClNO3S. The molecule has 0 aliphatic carbocycles. The fourth-order valence-electron chi connectivity index (χ4n) is 2.59. The van der Waals surface area contributed by atoms with E-state index in [9.17, 15) is 4.79 Å². The molecule has 0 saturated carbocycles. The summed E-state index contributed by atoms with van der Waals surface area (Å²) < 4.78 is 10.9. The topological polar surface area (TPSA) is 47.6 Å². The van der Waals surface area contributed by atoms with Crippen molar-refractivity contribution in [2.75, 3.05) is 19.5 Å². The molecule has 3 rings (SSSR count). The third-order valence-electron chi connectivity index (χ3n) is 4.16. The van der Waals surface area contributed by atoms with Gasteiger partial charge in [-0.15, -0.1) is 11.3 Å². The SMILES string of the molecule is CCCCC(=O)OC.COc1ccc(CNc2cccc3sccc23)cc1Cl. The number of carbonyl (C=O) groups excluding carboxylic acids is 1. The Morgan fingerprint density at radius 2 is 2.00 bits per heavy atom. The smallest absolute Gasteiger partial charge is 0.305 e. The van der Waals surface area contributed by atoms with Crippen molar-refractivity contribution in [1.29, 1.82) is 0 Å². The minimum absolute atomic E-state index is 0.105. The third kappa shape index (κ3) is 6.43. The molecule has 3 aromatic rings. The average Bonchev–Trinajstić information content (AvgIpc) is 3.20. The van der Waals surface area contributed by atoms with Crippen LogP contribution in [-0.4, -0.2) is 20.2 Å². The third-order valence-corrected chi connectivity index (χ3v) is 5.33. The molecule has 0 bridgehead atoms. The summed E-state index contributed by atoms with van der Waals surface area (Å²) in [5, 5.41) is 7.47. The van der Waals surface area contributed by atoms with E-state index in [0.717, 1.165) is 30.6 Å². The van der Waals surface area contributed by atoms with E-state index in [0.29, 0.717) is 17.2 Å². The number of nitrogens with one attached hydrogen (secondary N) is 1. The van der Waals surface area contributed by atoms with E-state index < -0.39 is 0 Å². The molecule has 0 aliphatic heterocycles. The fraction of sp³-hybridized carbons (Fsp3) is 0.318. The van der Waals surface area contributed by atoms with Gasteiger partial charge in [0, 0.05) is 28.7 Å². The van der Waals surface area contributed by atoms with Gasteiger partial charge < -0.3 is 14.8 Å². The minimum atomic E-state index is -0.105. The Morgan fingerprint density at radius 1 is 1.18 bits per heavy atom. The Balaban J connectivity index is 0.000000300. The maximum Gasteiger partial charge on any atom is 0.305 e. The molecule has 0 aliphatic rings. The number of fused-ring (bicyclic) bond motifs is 1. The number of hydrogen-bond donors (Lipinski definition) is 1. The van der Waals surface area contributed by atoms with Crippen molar-refractivity contribution in [3.05, 3.63) is 58.4 Å². The first-order valence-corrected chi connectivity index (χ1v) is 10.4. The number of methoxy groups -OCH3 is 2. The van der Waals surface area contributed by atoms with Gasteiger partial charge >= 0.3 is 5.97 Å². The van der Waals surface area contributed by atoms with Gasteiger partial charge in [-0.2, -0.15) is 0 Å². The van der Waals surface area contributed by atoms with Crippen LogP contribution in [0.3, 0.4) is 0 Å². The highest BCUT2D eigenvalue weighted by atomic mass is 35.5. The number of benzene rings is 2. The summed E-state index contributed by atoms with van der Waals surface area (Å²) in [6.07, 6.45) is 2.55. The number of hydrogen-bond acceptors (Lipinski definition) is 5. The first kappa shape index (κ1) is 22.1. The largest absolute Gasteiger partial charge is 0.495 e. The highest BCUT2D eigenvalue weighted by Gasteiger charge is 2.04. The highest BCUT2D eigenvalue weighted by molar-refractivity contribution is 7.17. The molecule has 1 aromatic heterocycles. The van der Waals surface area contributed by atoms with E-state index in [1.54, 1.807) is 18.4 Å². The molecule has 28 heavy (non-hydrogen) atoms. The molecule has 0 saturated heterocycles. The number of unbranched alkanes of at least 4 members (excludes halogenated alkanes) is 1. The van der Waals surface area contributed by atoms with Gasteiger partial charge in [-0.3, -0.25) is 4.79 Å². The molecule has 0 atom stereocenters. The average molecular weight is 420 g/mol. The number of carbonyl (C=O) groups is 1. The van der Waals surface area contributed by atoms with Gasteiger partial charge in [0.15, 0.2) is 0 Å². The van der Waals surface area contributed by atoms with Crippen molar-refractivity contribution in [2.24, 2.45) is 0 Å². The minimum Gasteiger partial charge on any atom is -0.495 e. The maximum absolute atomic E-state index is 10.3. The quantitative estimate of drug-likeness (QED) is 0.442. The summed E-state index contributed by atoms with van der Waals surface area (Å²) in [4.78, 5) is 10.3. The Bertz CT molecular complexity index is 894. The Kier molecular flexibility index (Phi) is 9.11. The van der Waals surface area contributed by atoms with E-state index in [1.807, 2.05) is 25.1 Å². The predicted octanol–water partition coefficient (Wildman–Crippen LogP) is 6.53. The van der Waals surface area contributed by atoms with Gasteiger partial charge in [-0.05, 0) is 47.7 Å². The summed E-state index contributed by atoms with van der Waals surface area (Å²) in [6.45, 7) is 2.78. The molecule has 0 fully saturated rings. The predicted molar refractivity (Wildman–Crippen MR) is 119 cm³/mol. The van der Waals surface area contributed by atoms with Gasteiger partial charge in [-0.25, -0.2) is 0 Å². The van der Waals surface area contributed by atoms with Crippen molar-refractivity contribution in [3.63, 3.8) is 0 Å². The van der Waals surface area contributed by atoms with Crippen LogP contribution in [0.5, 0.6) is 5.75 Å². The zero-order valence-electron chi connectivity index (χ0n) is 16.5. The van der Waals surface area contributed by atoms with Crippen molar-refractivity contribution < 1.29 is 14.3 Å². The lowest BCUT2D eigenvalue weighted by molar-refractivity contribution is -0.140. The second-order valence-electron chi connectivity index (χ2n) is 6.14. The summed E-state index contributed by atoms with van der Waals surface area (Å²) in [5.41, 5.74) is 2.28. The number of thiophene rings is 1. The zero-order valence-corrected chi connectivity index (χ0v) is 18.0. The molecule has 0 unspecified atom stereocenters. The van der Waals surface area contributed by atoms with Gasteiger partial charge in [0.05, 0.1) is 19.2 Å². The summed E-state index contributed by atoms with van der Waals surface area (Å²) in [6, 6.07) is 14.3. The molecule has 0 spiro atoms. The van der Waals surface area contributed by atoms with E-state index >= 15 is 0 Å². The second kappa shape index (κ2) is 11.6. The zero-order chi connectivity index (χ0) is 20.4. The van der Waals surface area contributed by atoms with E-state index in [4.69, 9.17) is 16.3 Å². The van der Waals surface area contributed by atoms with Crippen molar-refractivity contribution in [3.8, 4) is 5.75 Å². The van der Waals surface area contributed by atoms with Crippen LogP contribution >= 0.6 is 22.9 Å². The monoisotopic (exact) mass is 419 g/mol. The number of anilines is 1. The normalized spacial score (nSPS) is 10.1. The molecule has 6 heteroatoms. The van der Waals surface area contributed by atoms with Crippen LogP contribution in [0.4, 0.5) is 5.69 Å². The fourth-order valence-corrected chi connectivity index (χ4v) is 3.68. The number of ether oxygens (including phenoxy) is 2. The van der Waals surface area contributed by atoms with Crippen LogP contribution in [0.25, 0.3) is 10.1 Å². The van der Waals surface area contributed by atoms with Crippen molar-refractivity contribution in [2.45, 2.75) is 32.7 Å². The van der Waals surface area contributed by atoms with Crippen LogP contribution in [0.2, 0.25) is 5.02 Å². The molecule has 0 radical (unpaired) electrons. The highest BCUT2D eigenvalue weighted by Crippen LogP contribution is 2.29. The lowest BCUT2D eigenvalue weighted by Gasteiger charge is -2.09. The summed E-state index contributed by atoms with van der Waals surface area (Å²) >= 11 is 7.89. The van der Waals surface area contributed by atoms with Crippen LogP contribution in [0.15, 0.2) is 47.8 Å². The lowest BCUT2D eigenvalue weighted by Crippen LogP contribution is -1.99. The van der Waals surface area contributed by atoms with Crippen LogP contribution in [0.1, 0.15) is 31.7 Å². The van der Waals surface area contributed by atoms with E-state index in [-0.39, 0.29) is 5.97 Å². The van der Waals surface area contributed by atoms with Crippen LogP contribution in [0, 0.1) is 0 Å². The first-order chi connectivity index (χ1) is 13.6. The number of halogens is 1. The first-order valence-electron chi connectivity index (χ1n) is 9.18. The molecule has 150 valence electrons. The molecule has 4 nitrogen and oxygen atoms in total. The molecule has 2 aromatic carbocycles. The standard InChI is InChI=1S/C16H14ClNOS.C6H12O2/c1-19-15-6-5-11(9-13(15)17)10-18-14-3-2-4-16-12(14)7-8-20-16;1-3-4-5-6(7)8-2/h2-9,18H,10H2,1H3;3-5H2,1-2H3. The van der Waals surface area contributed by atoms with Gasteiger partial charge in [0.25, 0.3) is 0 Å². The Labute approximate surface area is 175 Å². The van der Waals surface area contributed by atoms with Gasteiger partial charge in [-0.1, -0.05) is 37.1 Å². The van der Waals surface area contributed by atoms with Crippen molar-refractivity contribution >= 4 is 44.7 Å². The molecule has 1 heterocycles.